The lowest BCUT2D eigenvalue weighted by molar-refractivity contribution is 0.526. The predicted octanol–water partition coefficient (Wildman–Crippen LogP) is 2.70. The molecule has 0 N–H and O–H groups in total. The summed E-state index contributed by atoms with van der Waals surface area (Å²) in [6, 6.07) is 3.81. The molecule has 0 aliphatic rings. The Balaban J connectivity index is 2.32. The molecule has 2 heterocycles. The number of oxazole rings is 1. The summed E-state index contributed by atoms with van der Waals surface area (Å²) in [5, 5.41) is 0. The molecule has 3 nitrogen and oxygen atoms in total. The van der Waals surface area contributed by atoms with Crippen LogP contribution in [0.25, 0.3) is 11.2 Å². The van der Waals surface area contributed by atoms with E-state index in [4.69, 9.17) is 16.0 Å². The normalized spacial score (nSPS) is 11.0. The lowest BCUT2D eigenvalue weighted by Crippen LogP contribution is -1.86. The molecule has 0 spiro atoms. The van der Waals surface area contributed by atoms with Crippen LogP contribution >= 0.6 is 11.6 Å². The SMILES string of the molecule is Cc1ccc2oc(CCCCl)nc2n1. The van der Waals surface area contributed by atoms with Gasteiger partial charge in [0.2, 0.25) is 0 Å². The van der Waals surface area contributed by atoms with Crippen molar-refractivity contribution in [3.63, 3.8) is 0 Å². The van der Waals surface area contributed by atoms with Crippen molar-refractivity contribution in [1.82, 2.24) is 9.97 Å². The molecule has 0 unspecified atom stereocenters. The Morgan fingerprint density at radius 1 is 1.36 bits per heavy atom. The summed E-state index contributed by atoms with van der Waals surface area (Å²) in [5.41, 5.74) is 2.39. The fraction of sp³-hybridized carbons (Fsp3) is 0.400. The van der Waals surface area contributed by atoms with Gasteiger partial charge >= 0.3 is 0 Å². The summed E-state index contributed by atoms with van der Waals surface area (Å²) in [6.45, 7) is 1.94. The summed E-state index contributed by atoms with van der Waals surface area (Å²) in [6.07, 6.45) is 1.66. The maximum absolute atomic E-state index is 5.59. The lowest BCUT2D eigenvalue weighted by atomic mass is 10.3. The highest BCUT2D eigenvalue weighted by molar-refractivity contribution is 6.17. The molecule has 4 heteroatoms. The van der Waals surface area contributed by atoms with Gasteiger partial charge in [-0.15, -0.1) is 11.6 Å². The highest BCUT2D eigenvalue weighted by Crippen LogP contribution is 2.14. The van der Waals surface area contributed by atoms with E-state index in [9.17, 15) is 0 Å². The molecule has 0 radical (unpaired) electrons. The number of fused-ring (bicyclic) bond motifs is 1. The number of aryl methyl sites for hydroxylation is 2. The molecule has 74 valence electrons. The minimum absolute atomic E-state index is 0.630. The number of rotatable bonds is 3. The summed E-state index contributed by atoms with van der Waals surface area (Å²) >= 11 is 5.59. The maximum Gasteiger partial charge on any atom is 0.199 e. The average Bonchev–Trinajstić information content (AvgIpc) is 2.56. The van der Waals surface area contributed by atoms with Crippen LogP contribution in [0.3, 0.4) is 0 Å². The van der Waals surface area contributed by atoms with Crippen molar-refractivity contribution in [3.05, 3.63) is 23.7 Å². The molecule has 0 saturated carbocycles. The van der Waals surface area contributed by atoms with E-state index in [1.54, 1.807) is 0 Å². The van der Waals surface area contributed by atoms with Crippen LogP contribution in [0, 0.1) is 6.92 Å². The van der Waals surface area contributed by atoms with Gasteiger partial charge in [-0.05, 0) is 25.5 Å². The van der Waals surface area contributed by atoms with Crippen molar-refractivity contribution in [3.8, 4) is 0 Å². The van der Waals surface area contributed by atoms with E-state index in [1.807, 2.05) is 19.1 Å². The highest BCUT2D eigenvalue weighted by atomic mass is 35.5. The number of hydrogen-bond donors (Lipinski definition) is 0. The summed E-state index contributed by atoms with van der Waals surface area (Å²) in [4.78, 5) is 8.54. The van der Waals surface area contributed by atoms with Gasteiger partial charge in [0, 0.05) is 18.0 Å². The number of halogens is 1. The molecule has 2 aromatic rings. The van der Waals surface area contributed by atoms with Crippen LogP contribution in [-0.4, -0.2) is 15.8 Å². The largest absolute Gasteiger partial charge is 0.439 e. The fourth-order valence-electron chi connectivity index (χ4n) is 1.28. The monoisotopic (exact) mass is 210 g/mol. The lowest BCUT2D eigenvalue weighted by Gasteiger charge is -1.88. The van der Waals surface area contributed by atoms with E-state index < -0.39 is 0 Å². The zero-order valence-corrected chi connectivity index (χ0v) is 8.71. The topological polar surface area (TPSA) is 38.9 Å². The fourth-order valence-corrected chi connectivity index (χ4v) is 1.42. The van der Waals surface area contributed by atoms with E-state index in [0.29, 0.717) is 11.5 Å². The molecular formula is C10H11ClN2O. The third-order valence-electron chi connectivity index (χ3n) is 1.96. The Kier molecular flexibility index (Phi) is 2.68. The summed E-state index contributed by atoms with van der Waals surface area (Å²) in [7, 11) is 0. The van der Waals surface area contributed by atoms with Crippen LogP contribution < -0.4 is 0 Å². The first-order valence-corrected chi connectivity index (χ1v) is 5.12. The van der Waals surface area contributed by atoms with Gasteiger partial charge in [-0.2, -0.15) is 4.98 Å². The van der Waals surface area contributed by atoms with Crippen LogP contribution in [0.1, 0.15) is 18.0 Å². The van der Waals surface area contributed by atoms with Crippen LogP contribution in [0.15, 0.2) is 16.5 Å². The first kappa shape index (κ1) is 9.46. The molecule has 0 aliphatic heterocycles. The third kappa shape index (κ3) is 1.87. The second kappa shape index (κ2) is 3.96. The number of pyridine rings is 1. The molecular weight excluding hydrogens is 200 g/mol. The molecule has 0 saturated heterocycles. The van der Waals surface area contributed by atoms with Crippen molar-refractivity contribution in [2.75, 3.05) is 5.88 Å². The van der Waals surface area contributed by atoms with Crippen LogP contribution in [0.2, 0.25) is 0 Å². The van der Waals surface area contributed by atoms with E-state index in [1.165, 1.54) is 0 Å². The molecule has 2 rings (SSSR count). The van der Waals surface area contributed by atoms with Crippen molar-refractivity contribution in [2.45, 2.75) is 19.8 Å². The maximum atomic E-state index is 5.59. The van der Waals surface area contributed by atoms with E-state index in [2.05, 4.69) is 9.97 Å². The number of alkyl halides is 1. The van der Waals surface area contributed by atoms with Crippen molar-refractivity contribution < 1.29 is 4.42 Å². The Hall–Kier alpha value is -1.09. The summed E-state index contributed by atoms with van der Waals surface area (Å²) in [5.74, 6) is 1.35. The molecule has 0 aromatic carbocycles. The van der Waals surface area contributed by atoms with E-state index >= 15 is 0 Å². The zero-order chi connectivity index (χ0) is 9.97. The zero-order valence-electron chi connectivity index (χ0n) is 7.96. The Labute approximate surface area is 87.1 Å². The minimum atomic E-state index is 0.630. The van der Waals surface area contributed by atoms with Crippen molar-refractivity contribution >= 4 is 22.8 Å². The highest BCUT2D eigenvalue weighted by Gasteiger charge is 2.05. The smallest absolute Gasteiger partial charge is 0.199 e. The molecule has 0 atom stereocenters. The van der Waals surface area contributed by atoms with Gasteiger partial charge < -0.3 is 4.42 Å². The van der Waals surface area contributed by atoms with Crippen LogP contribution in [0.4, 0.5) is 0 Å². The van der Waals surface area contributed by atoms with Gasteiger partial charge in [-0.1, -0.05) is 0 Å². The van der Waals surface area contributed by atoms with Gasteiger partial charge in [0.1, 0.15) is 0 Å². The predicted molar refractivity (Wildman–Crippen MR) is 55.6 cm³/mol. The van der Waals surface area contributed by atoms with Gasteiger partial charge in [0.25, 0.3) is 0 Å². The minimum Gasteiger partial charge on any atom is -0.439 e. The molecule has 0 amide bonds. The van der Waals surface area contributed by atoms with Crippen LogP contribution in [0.5, 0.6) is 0 Å². The number of hydrogen-bond acceptors (Lipinski definition) is 3. The number of nitrogens with zero attached hydrogens (tertiary/aromatic N) is 2. The first-order valence-electron chi connectivity index (χ1n) is 4.58. The Morgan fingerprint density at radius 3 is 3.00 bits per heavy atom. The van der Waals surface area contributed by atoms with Gasteiger partial charge in [-0.25, -0.2) is 4.98 Å². The van der Waals surface area contributed by atoms with Gasteiger partial charge in [0.15, 0.2) is 17.1 Å². The van der Waals surface area contributed by atoms with Crippen molar-refractivity contribution in [2.24, 2.45) is 0 Å². The van der Waals surface area contributed by atoms with E-state index in [0.717, 1.165) is 30.0 Å². The molecule has 14 heavy (non-hydrogen) atoms. The van der Waals surface area contributed by atoms with E-state index in [-0.39, 0.29) is 0 Å². The molecule has 2 aromatic heterocycles. The molecule has 0 fully saturated rings. The molecule has 0 aliphatic carbocycles. The average molecular weight is 211 g/mol. The second-order valence-electron chi connectivity index (χ2n) is 3.17. The van der Waals surface area contributed by atoms with Crippen molar-refractivity contribution in [1.29, 1.82) is 0 Å². The standard InChI is InChI=1S/C10H11ClN2O/c1-7-4-5-8-10(12-7)13-9(14-8)3-2-6-11/h4-5H,2-3,6H2,1H3. The second-order valence-corrected chi connectivity index (χ2v) is 3.55. The first-order chi connectivity index (χ1) is 6.79. The summed E-state index contributed by atoms with van der Waals surface area (Å²) < 4.78 is 5.49. The Bertz CT molecular complexity index is 439. The van der Waals surface area contributed by atoms with Crippen LogP contribution in [-0.2, 0) is 6.42 Å². The quantitative estimate of drug-likeness (QED) is 0.732. The Morgan fingerprint density at radius 2 is 2.21 bits per heavy atom. The van der Waals surface area contributed by atoms with Gasteiger partial charge in [0.05, 0.1) is 0 Å². The third-order valence-corrected chi connectivity index (χ3v) is 2.23. The molecule has 0 bridgehead atoms. The number of aromatic nitrogens is 2. The van der Waals surface area contributed by atoms with Gasteiger partial charge in [-0.3, -0.25) is 0 Å².